The second kappa shape index (κ2) is 7.73. The molecular weight excluding hydrogens is 751 g/mol. The summed E-state index contributed by atoms with van der Waals surface area (Å²) in [6, 6.07) is 0. The van der Waals surface area contributed by atoms with Gasteiger partial charge < -0.3 is 0 Å². The van der Waals surface area contributed by atoms with Crippen molar-refractivity contribution in [3.05, 3.63) is 0 Å². The van der Waals surface area contributed by atoms with Gasteiger partial charge in [-0.1, -0.05) is 0 Å². The van der Waals surface area contributed by atoms with Crippen molar-refractivity contribution >= 4 is 69.9 Å². The molecular formula is C5H15Bi3S2. The van der Waals surface area contributed by atoms with Gasteiger partial charge >= 0.3 is 93.1 Å². The normalized spacial score (nSPS) is 12.0. The van der Waals surface area contributed by atoms with Gasteiger partial charge in [0, 0.05) is 0 Å². The van der Waals surface area contributed by atoms with Gasteiger partial charge in [-0.15, -0.1) is 0 Å². The Bertz CT molecular complexity index is 77.0. The Morgan fingerprint density at radius 3 is 1.20 bits per heavy atom. The fourth-order valence-electron chi connectivity index (χ4n) is 0.475. The van der Waals surface area contributed by atoms with E-state index in [1.165, 1.54) is 0 Å². The third kappa shape index (κ3) is 9.44. The van der Waals surface area contributed by atoms with Gasteiger partial charge in [0.2, 0.25) is 0 Å². The summed E-state index contributed by atoms with van der Waals surface area (Å²) in [6.07, 6.45) is 0. The first-order valence-electron chi connectivity index (χ1n) is 2.97. The molecule has 0 aromatic rings. The van der Waals surface area contributed by atoms with E-state index in [4.69, 9.17) is 0 Å². The van der Waals surface area contributed by atoms with Crippen LogP contribution in [0.4, 0.5) is 0 Å². The van der Waals surface area contributed by atoms with Gasteiger partial charge in [0.05, 0.1) is 0 Å². The van der Waals surface area contributed by atoms with Crippen molar-refractivity contribution < 1.29 is 0 Å². The average molecular weight is 766 g/mol. The molecule has 0 aliphatic rings. The molecule has 0 unspecified atom stereocenters. The molecule has 10 heavy (non-hydrogen) atoms. The van der Waals surface area contributed by atoms with Gasteiger partial charge in [-0.25, -0.2) is 0 Å². The maximum absolute atomic E-state index is 2.59. The van der Waals surface area contributed by atoms with Crippen LogP contribution in [0.25, 0.3) is 0 Å². The zero-order valence-electron chi connectivity index (χ0n) is 7.16. The van der Waals surface area contributed by atoms with E-state index < -0.39 is 59.4 Å². The number of hydrogen-bond acceptors (Lipinski definition) is 2. The summed E-state index contributed by atoms with van der Waals surface area (Å²) < 4.78 is 12.7. The minimum atomic E-state index is -0.880. The molecule has 0 aromatic carbocycles. The zero-order valence-corrected chi connectivity index (χ0v) is 19.2. The molecule has 0 spiro atoms. The van der Waals surface area contributed by atoms with Crippen molar-refractivity contribution in [1.29, 1.82) is 0 Å². The molecule has 0 atom stereocenters. The van der Waals surface area contributed by atoms with Crippen molar-refractivity contribution in [3.63, 3.8) is 0 Å². The second-order valence-corrected chi connectivity index (χ2v) is 80.3. The topological polar surface area (TPSA) is 0 Å². The molecule has 0 nitrogen and oxygen atoms in total. The summed E-state index contributed by atoms with van der Waals surface area (Å²) in [4.78, 5) is 0. The molecule has 0 aromatic heterocycles. The van der Waals surface area contributed by atoms with E-state index in [1.54, 1.807) is 0 Å². The Morgan fingerprint density at radius 1 is 0.700 bits per heavy atom. The molecule has 0 amide bonds. The van der Waals surface area contributed by atoms with E-state index in [-0.39, 0.29) is 0 Å². The molecule has 0 rings (SSSR count). The van der Waals surface area contributed by atoms with Crippen LogP contribution in [0.3, 0.4) is 0 Å². The van der Waals surface area contributed by atoms with Gasteiger partial charge in [0.15, 0.2) is 0 Å². The predicted molar refractivity (Wildman–Crippen MR) is 61.8 cm³/mol. The number of hydrogen-bond donors (Lipinski definition) is 0. The summed E-state index contributed by atoms with van der Waals surface area (Å²) in [5.74, 6) is 0. The first-order chi connectivity index (χ1) is 4.52. The van der Waals surface area contributed by atoms with Gasteiger partial charge in [-0.3, -0.25) is 0 Å². The van der Waals surface area contributed by atoms with E-state index in [1.807, 2.05) is 0 Å². The first-order valence-corrected chi connectivity index (χ1v) is 38.8. The van der Waals surface area contributed by atoms with E-state index in [9.17, 15) is 0 Å². The molecule has 0 aliphatic carbocycles. The molecule has 0 bridgehead atoms. The van der Waals surface area contributed by atoms with E-state index in [0.29, 0.717) is 0 Å². The van der Waals surface area contributed by atoms with Crippen molar-refractivity contribution in [2.24, 2.45) is 0 Å². The SMILES string of the molecule is [CH3][Bi]([CH3])[S][Bi]([CH3])[S][Bi]([CH3])[CH3]. The summed E-state index contributed by atoms with van der Waals surface area (Å²) >= 11 is -2.50. The third-order valence-electron chi connectivity index (χ3n) is 0.557. The predicted octanol–water partition coefficient (Wildman–Crippen LogP) is 3.07. The van der Waals surface area contributed by atoms with E-state index in [2.05, 4.69) is 33.7 Å². The van der Waals surface area contributed by atoms with Gasteiger partial charge in [0.1, 0.15) is 0 Å². The van der Waals surface area contributed by atoms with Crippen molar-refractivity contribution in [2.75, 3.05) is 0 Å². The van der Waals surface area contributed by atoms with Crippen LogP contribution in [0.2, 0.25) is 23.2 Å². The van der Waals surface area contributed by atoms with Crippen molar-refractivity contribution in [1.82, 2.24) is 0 Å². The Balaban J connectivity index is 3.34. The summed E-state index contributed by atoms with van der Waals surface area (Å²) in [7, 11) is 0. The van der Waals surface area contributed by atoms with Crippen LogP contribution in [0.15, 0.2) is 0 Å². The fourth-order valence-corrected chi connectivity index (χ4v) is 258. The Morgan fingerprint density at radius 2 is 1.00 bits per heavy atom. The Hall–Kier alpha value is 3.35. The molecule has 0 radical (unpaired) electrons. The average Bonchev–Trinajstić information content (AvgIpc) is 1.58. The number of rotatable bonds is 4. The zero-order chi connectivity index (χ0) is 8.15. The summed E-state index contributed by atoms with van der Waals surface area (Å²) in [5.41, 5.74) is 0. The molecule has 62 valence electrons. The summed E-state index contributed by atoms with van der Waals surface area (Å²) in [5, 5.41) is 5.01. The monoisotopic (exact) mass is 766 g/mol. The first kappa shape index (κ1) is 13.3. The molecule has 0 heterocycles. The van der Waals surface area contributed by atoms with Crippen molar-refractivity contribution in [3.8, 4) is 0 Å². The van der Waals surface area contributed by atoms with E-state index in [0.717, 1.165) is 0 Å². The standard InChI is InChI=1S/5CH3.3Bi.2S/h5*1H3;;;;;. The quantitative estimate of drug-likeness (QED) is 0.405. The van der Waals surface area contributed by atoms with E-state index >= 15 is 0 Å². The summed E-state index contributed by atoms with van der Waals surface area (Å²) in [6.45, 7) is 0. The molecule has 0 N–H and O–H groups in total. The third-order valence-corrected chi connectivity index (χ3v) is 159. The second-order valence-electron chi connectivity index (χ2n) is 2.23. The van der Waals surface area contributed by atoms with Crippen LogP contribution in [-0.2, 0) is 0 Å². The van der Waals surface area contributed by atoms with Crippen LogP contribution >= 0.6 is 10.5 Å². The van der Waals surface area contributed by atoms with Crippen LogP contribution in [-0.4, -0.2) is 59.4 Å². The fraction of sp³-hybridized carbons (Fsp3) is 1.00. The van der Waals surface area contributed by atoms with Crippen LogP contribution in [0, 0.1) is 0 Å². The molecule has 0 aliphatic heterocycles. The molecule has 0 saturated carbocycles. The van der Waals surface area contributed by atoms with Gasteiger partial charge in [0.25, 0.3) is 0 Å². The minimum absolute atomic E-state index is 0.808. The molecule has 5 heteroatoms. The molecule has 0 fully saturated rings. The van der Waals surface area contributed by atoms with Crippen LogP contribution < -0.4 is 0 Å². The van der Waals surface area contributed by atoms with Crippen LogP contribution in [0.5, 0.6) is 0 Å². The van der Waals surface area contributed by atoms with Crippen LogP contribution in [0.1, 0.15) is 0 Å². The van der Waals surface area contributed by atoms with Gasteiger partial charge in [-0.2, -0.15) is 0 Å². The molecule has 0 saturated heterocycles. The Labute approximate surface area is 90.7 Å². The maximum atomic E-state index is 2.59. The van der Waals surface area contributed by atoms with Gasteiger partial charge in [-0.05, 0) is 0 Å². The Kier molecular flexibility index (Phi) is 10.3. The van der Waals surface area contributed by atoms with Crippen molar-refractivity contribution in [2.45, 2.75) is 23.2 Å².